The number of piperazine rings is 1. The van der Waals surface area contributed by atoms with Gasteiger partial charge in [0.1, 0.15) is 18.7 Å². The third-order valence-electron chi connectivity index (χ3n) is 7.90. The number of rotatable bonds is 6. The fraction of sp³-hybridized carbons (Fsp3) is 0.654. The van der Waals surface area contributed by atoms with Crippen molar-refractivity contribution < 1.29 is 19.1 Å². The van der Waals surface area contributed by atoms with Crippen LogP contribution in [-0.4, -0.2) is 97.0 Å². The Kier molecular flexibility index (Phi) is 6.87. The van der Waals surface area contributed by atoms with Crippen molar-refractivity contribution in [2.45, 2.75) is 63.9 Å². The zero-order valence-electron chi connectivity index (χ0n) is 21.7. The van der Waals surface area contributed by atoms with Crippen LogP contribution in [0.1, 0.15) is 44.0 Å². The summed E-state index contributed by atoms with van der Waals surface area (Å²) in [5.74, 6) is -0.952. The Morgan fingerprint density at radius 3 is 2.41 bits per heavy atom. The molecular formula is C26H35N7O4. The highest BCUT2D eigenvalue weighted by atomic mass is 16.5. The average Bonchev–Trinajstić information content (AvgIpc) is 3.57. The van der Waals surface area contributed by atoms with E-state index in [0.29, 0.717) is 5.56 Å². The second-order valence-corrected chi connectivity index (χ2v) is 11.5. The maximum atomic E-state index is 13.7. The van der Waals surface area contributed by atoms with Gasteiger partial charge in [-0.3, -0.25) is 19.3 Å². The summed E-state index contributed by atoms with van der Waals surface area (Å²) in [6.45, 7) is 9.63. The summed E-state index contributed by atoms with van der Waals surface area (Å²) in [5.41, 5.74) is 9.84. The number of anilines is 1. The van der Waals surface area contributed by atoms with Gasteiger partial charge in [-0.1, -0.05) is 25.9 Å². The number of nitrogens with zero attached hydrogens (tertiary/aromatic N) is 6. The standard InChI is InChI=1S/C26H35N7O4/c1-26(2,3)23(25(36)33-14-19(29-30-27)22-21(33)20(34)15-37-22)28-24(35)16-4-6-17(7-5-16)31-10-12-32(13-11-31)18-8-9-18/h4-7,18-19,21-23H,8-15H2,1-3H3,(H,28,35)/t19-,21+,22+,23+/m0/s1. The summed E-state index contributed by atoms with van der Waals surface area (Å²) in [6.07, 6.45) is 1.99. The number of hydrogen-bond acceptors (Lipinski definition) is 7. The monoisotopic (exact) mass is 509 g/mol. The number of amides is 2. The van der Waals surface area contributed by atoms with Crippen molar-refractivity contribution in [3.8, 4) is 0 Å². The van der Waals surface area contributed by atoms with Gasteiger partial charge in [-0.05, 0) is 48.1 Å². The third kappa shape index (κ3) is 5.16. The van der Waals surface area contributed by atoms with Gasteiger partial charge in [-0.2, -0.15) is 0 Å². The molecule has 1 saturated carbocycles. The van der Waals surface area contributed by atoms with Crippen molar-refractivity contribution in [1.29, 1.82) is 0 Å². The summed E-state index contributed by atoms with van der Waals surface area (Å²) in [6, 6.07) is 5.96. The maximum absolute atomic E-state index is 13.7. The highest BCUT2D eigenvalue weighted by molar-refractivity contribution is 5.99. The molecule has 1 aromatic carbocycles. The Morgan fingerprint density at radius 2 is 1.81 bits per heavy atom. The first-order valence-electron chi connectivity index (χ1n) is 13.1. The number of carbonyl (C=O) groups is 3. The molecule has 3 saturated heterocycles. The molecular weight excluding hydrogens is 474 g/mol. The number of ether oxygens (including phenoxy) is 1. The minimum absolute atomic E-state index is 0.0785. The smallest absolute Gasteiger partial charge is 0.251 e. The molecule has 4 fully saturated rings. The first-order chi connectivity index (χ1) is 17.7. The van der Waals surface area contributed by atoms with Crippen LogP contribution in [0.5, 0.6) is 0 Å². The average molecular weight is 510 g/mol. The number of hydrogen-bond donors (Lipinski definition) is 1. The van der Waals surface area contributed by atoms with Gasteiger partial charge in [0.25, 0.3) is 5.91 Å². The summed E-state index contributed by atoms with van der Waals surface area (Å²) < 4.78 is 5.53. The second-order valence-electron chi connectivity index (χ2n) is 11.5. The lowest BCUT2D eigenvalue weighted by Gasteiger charge is -2.36. The SMILES string of the molecule is CC(C)(C)[C@H](NC(=O)c1ccc(N2CCN(C3CC3)CC2)cc1)C(=O)N1C[C@H](N=[N+]=[N-])[C@H]2OCC(=O)[C@H]21. The van der Waals surface area contributed by atoms with Crippen LogP contribution in [0.25, 0.3) is 10.4 Å². The van der Waals surface area contributed by atoms with Crippen molar-refractivity contribution >= 4 is 23.3 Å². The highest BCUT2D eigenvalue weighted by Crippen LogP contribution is 2.33. The van der Waals surface area contributed by atoms with E-state index >= 15 is 0 Å². The summed E-state index contributed by atoms with van der Waals surface area (Å²) in [4.78, 5) is 48.6. The minimum atomic E-state index is -0.881. The molecule has 0 unspecified atom stereocenters. The number of Topliss-reactive ketones (excluding diaryl/α,β-unsaturated/α-hetero) is 1. The van der Waals surface area contributed by atoms with Crippen molar-refractivity contribution in [2.24, 2.45) is 10.5 Å². The normalized spacial score (nSPS) is 27.0. The lowest BCUT2D eigenvalue weighted by atomic mass is 9.85. The second kappa shape index (κ2) is 9.96. The van der Waals surface area contributed by atoms with Crippen LogP contribution in [0.4, 0.5) is 5.69 Å². The van der Waals surface area contributed by atoms with Gasteiger partial charge in [-0.15, -0.1) is 0 Å². The van der Waals surface area contributed by atoms with Crippen LogP contribution in [0.2, 0.25) is 0 Å². The third-order valence-corrected chi connectivity index (χ3v) is 7.90. The molecule has 0 spiro atoms. The van der Waals surface area contributed by atoms with Gasteiger partial charge in [0.2, 0.25) is 5.91 Å². The number of ketones is 1. The fourth-order valence-corrected chi connectivity index (χ4v) is 5.66. The van der Waals surface area contributed by atoms with E-state index in [1.54, 1.807) is 12.1 Å². The molecule has 2 amide bonds. The highest BCUT2D eigenvalue weighted by Gasteiger charge is 2.54. The van der Waals surface area contributed by atoms with Crippen LogP contribution >= 0.6 is 0 Å². The number of carbonyl (C=O) groups excluding carboxylic acids is 3. The van der Waals surface area contributed by atoms with Gasteiger partial charge in [0.05, 0.1) is 12.1 Å². The van der Waals surface area contributed by atoms with E-state index in [-0.39, 0.29) is 30.7 Å². The summed E-state index contributed by atoms with van der Waals surface area (Å²) >= 11 is 0. The Hall–Kier alpha value is -3.14. The summed E-state index contributed by atoms with van der Waals surface area (Å²) in [7, 11) is 0. The lowest BCUT2D eigenvalue weighted by molar-refractivity contribution is -0.140. The number of azide groups is 1. The number of fused-ring (bicyclic) bond motifs is 1. The Balaban J connectivity index is 1.27. The molecule has 0 bridgehead atoms. The van der Waals surface area contributed by atoms with E-state index in [4.69, 9.17) is 10.3 Å². The van der Waals surface area contributed by atoms with Crippen LogP contribution in [0, 0.1) is 5.41 Å². The molecule has 0 radical (unpaired) electrons. The molecule has 3 aliphatic heterocycles. The van der Waals surface area contributed by atoms with Gasteiger partial charge in [0, 0.05) is 54.9 Å². The molecule has 4 atom stereocenters. The molecule has 3 heterocycles. The molecule has 1 N–H and O–H groups in total. The van der Waals surface area contributed by atoms with E-state index in [2.05, 4.69) is 25.1 Å². The van der Waals surface area contributed by atoms with Gasteiger partial charge >= 0.3 is 0 Å². The van der Waals surface area contributed by atoms with Gasteiger partial charge in [-0.25, -0.2) is 0 Å². The van der Waals surface area contributed by atoms with Crippen LogP contribution in [-0.2, 0) is 14.3 Å². The topological polar surface area (TPSA) is 131 Å². The molecule has 198 valence electrons. The molecule has 4 aliphatic rings. The molecule has 5 rings (SSSR count). The number of likely N-dealkylation sites (tertiary alicyclic amines) is 1. The molecule has 1 aromatic rings. The van der Waals surface area contributed by atoms with E-state index in [1.807, 2.05) is 32.9 Å². The minimum Gasteiger partial charge on any atom is -0.369 e. The predicted octanol–water partition coefficient (Wildman–Crippen LogP) is 1.97. The Bertz CT molecular complexity index is 1100. The van der Waals surface area contributed by atoms with Crippen LogP contribution in [0.3, 0.4) is 0 Å². The first-order valence-corrected chi connectivity index (χ1v) is 13.1. The van der Waals surface area contributed by atoms with Crippen molar-refractivity contribution in [3.05, 3.63) is 40.3 Å². The molecule has 37 heavy (non-hydrogen) atoms. The molecule has 11 heteroatoms. The quantitative estimate of drug-likeness (QED) is 0.354. The Labute approximate surface area is 216 Å². The van der Waals surface area contributed by atoms with Crippen LogP contribution < -0.4 is 10.2 Å². The van der Waals surface area contributed by atoms with Crippen molar-refractivity contribution in [3.63, 3.8) is 0 Å². The van der Waals surface area contributed by atoms with E-state index < -0.39 is 29.6 Å². The maximum Gasteiger partial charge on any atom is 0.251 e. The molecule has 11 nitrogen and oxygen atoms in total. The number of benzene rings is 1. The zero-order valence-corrected chi connectivity index (χ0v) is 21.7. The first kappa shape index (κ1) is 25.5. The van der Waals surface area contributed by atoms with E-state index in [0.717, 1.165) is 37.9 Å². The van der Waals surface area contributed by atoms with Gasteiger partial charge < -0.3 is 19.9 Å². The van der Waals surface area contributed by atoms with Crippen molar-refractivity contribution in [2.75, 3.05) is 44.2 Å². The van der Waals surface area contributed by atoms with Crippen molar-refractivity contribution in [1.82, 2.24) is 15.1 Å². The van der Waals surface area contributed by atoms with E-state index in [1.165, 1.54) is 17.7 Å². The number of nitrogens with one attached hydrogen (secondary N) is 1. The largest absolute Gasteiger partial charge is 0.369 e. The fourth-order valence-electron chi connectivity index (χ4n) is 5.66. The van der Waals surface area contributed by atoms with Gasteiger partial charge in [0.15, 0.2) is 5.78 Å². The van der Waals surface area contributed by atoms with Crippen LogP contribution in [0.15, 0.2) is 29.4 Å². The lowest BCUT2D eigenvalue weighted by Crippen LogP contribution is -2.57. The summed E-state index contributed by atoms with van der Waals surface area (Å²) in [5, 5.41) is 6.65. The van der Waals surface area contributed by atoms with E-state index in [9.17, 15) is 14.4 Å². The molecule has 0 aromatic heterocycles. The predicted molar refractivity (Wildman–Crippen MR) is 137 cm³/mol. The Morgan fingerprint density at radius 1 is 1.14 bits per heavy atom. The molecule has 1 aliphatic carbocycles. The zero-order chi connectivity index (χ0) is 26.3.